The molecule has 0 spiro atoms. The summed E-state index contributed by atoms with van der Waals surface area (Å²) in [5, 5.41) is 4.93. The molecule has 0 bridgehead atoms. The van der Waals surface area contributed by atoms with Gasteiger partial charge in [-0.3, -0.25) is 0 Å². The minimum atomic E-state index is 0.144. The van der Waals surface area contributed by atoms with E-state index < -0.39 is 0 Å². The van der Waals surface area contributed by atoms with Crippen LogP contribution in [0.2, 0.25) is 10.0 Å². The normalized spacial score (nSPS) is 13.9. The van der Waals surface area contributed by atoms with E-state index in [1.807, 2.05) is 12.1 Å². The topological polar surface area (TPSA) is 12.0 Å². The van der Waals surface area contributed by atoms with Crippen LogP contribution in [0.15, 0.2) is 18.2 Å². The maximum atomic E-state index is 6.28. The van der Waals surface area contributed by atoms with E-state index >= 15 is 0 Å². The molecule has 0 aliphatic rings. The molecule has 0 fully saturated rings. The first-order chi connectivity index (χ1) is 8.70. The van der Waals surface area contributed by atoms with Gasteiger partial charge in [0, 0.05) is 5.54 Å². The van der Waals surface area contributed by atoms with Crippen LogP contribution in [0, 0.1) is 11.8 Å². The molecule has 1 atom stereocenters. The summed E-state index contributed by atoms with van der Waals surface area (Å²) in [4.78, 5) is 0. The highest BCUT2D eigenvalue weighted by atomic mass is 35.5. The van der Waals surface area contributed by atoms with Gasteiger partial charge in [0.2, 0.25) is 0 Å². The van der Waals surface area contributed by atoms with E-state index in [2.05, 4.69) is 46.0 Å². The molecule has 1 aromatic carbocycles. The molecule has 1 aromatic rings. The van der Waals surface area contributed by atoms with Gasteiger partial charge in [-0.1, -0.05) is 49.2 Å². The Morgan fingerprint density at radius 1 is 1.16 bits per heavy atom. The third-order valence-corrected chi connectivity index (χ3v) is 4.21. The Kier molecular flexibility index (Phi) is 6.16. The summed E-state index contributed by atoms with van der Waals surface area (Å²) < 4.78 is 0. The van der Waals surface area contributed by atoms with Crippen molar-refractivity contribution in [2.75, 3.05) is 6.54 Å². The van der Waals surface area contributed by atoms with Gasteiger partial charge in [0.25, 0.3) is 0 Å². The molecule has 19 heavy (non-hydrogen) atoms. The molecule has 0 aromatic heterocycles. The lowest BCUT2D eigenvalue weighted by atomic mass is 9.88. The summed E-state index contributed by atoms with van der Waals surface area (Å²) in [5.41, 5.74) is 1.29. The molecule has 3 heteroatoms. The van der Waals surface area contributed by atoms with Gasteiger partial charge >= 0.3 is 0 Å². The van der Waals surface area contributed by atoms with E-state index in [1.54, 1.807) is 0 Å². The first-order valence-electron chi connectivity index (χ1n) is 6.88. The van der Waals surface area contributed by atoms with Crippen molar-refractivity contribution < 1.29 is 0 Å². The van der Waals surface area contributed by atoms with Crippen molar-refractivity contribution in [3.8, 4) is 0 Å². The van der Waals surface area contributed by atoms with Crippen LogP contribution in [0.4, 0.5) is 0 Å². The monoisotopic (exact) mass is 301 g/mol. The lowest BCUT2D eigenvalue weighted by molar-refractivity contribution is 0.312. The third-order valence-electron chi connectivity index (χ3n) is 3.35. The lowest BCUT2D eigenvalue weighted by Crippen LogP contribution is -2.40. The first-order valence-corrected chi connectivity index (χ1v) is 7.64. The second-order valence-electron chi connectivity index (χ2n) is 6.55. The molecule has 0 aliphatic carbocycles. The Bertz CT molecular complexity index is 408. The van der Waals surface area contributed by atoms with Crippen molar-refractivity contribution >= 4 is 23.2 Å². The first kappa shape index (κ1) is 16.8. The molecule has 1 nitrogen and oxygen atoms in total. The predicted molar refractivity (Wildman–Crippen MR) is 86.2 cm³/mol. The van der Waals surface area contributed by atoms with Crippen molar-refractivity contribution in [1.29, 1.82) is 0 Å². The number of halogens is 2. The zero-order valence-electron chi connectivity index (χ0n) is 12.6. The van der Waals surface area contributed by atoms with Crippen LogP contribution in [-0.4, -0.2) is 12.1 Å². The molecule has 0 saturated carbocycles. The van der Waals surface area contributed by atoms with E-state index in [0.29, 0.717) is 21.9 Å². The van der Waals surface area contributed by atoms with Crippen molar-refractivity contribution in [3.05, 3.63) is 33.8 Å². The minimum absolute atomic E-state index is 0.144. The zero-order chi connectivity index (χ0) is 14.6. The molecule has 0 radical (unpaired) electrons. The van der Waals surface area contributed by atoms with Gasteiger partial charge in [-0.05, 0) is 57.2 Å². The van der Waals surface area contributed by atoms with Crippen LogP contribution >= 0.6 is 23.2 Å². The maximum absolute atomic E-state index is 6.28. The van der Waals surface area contributed by atoms with Crippen LogP contribution in [-0.2, 0) is 6.42 Å². The van der Waals surface area contributed by atoms with Gasteiger partial charge in [0.05, 0.1) is 10.0 Å². The van der Waals surface area contributed by atoms with Gasteiger partial charge in [-0.15, -0.1) is 0 Å². The molecule has 1 rings (SSSR count). The van der Waals surface area contributed by atoms with E-state index in [0.717, 1.165) is 18.5 Å². The summed E-state index contributed by atoms with van der Waals surface area (Å²) in [6.45, 7) is 12.1. The van der Waals surface area contributed by atoms with Crippen LogP contribution in [0.3, 0.4) is 0 Å². The largest absolute Gasteiger partial charge is 0.312 e. The average Bonchev–Trinajstić information content (AvgIpc) is 2.28. The highest BCUT2D eigenvalue weighted by molar-refractivity contribution is 6.42. The van der Waals surface area contributed by atoms with E-state index in [-0.39, 0.29) is 5.54 Å². The fourth-order valence-corrected chi connectivity index (χ4v) is 2.37. The van der Waals surface area contributed by atoms with Crippen LogP contribution in [0.5, 0.6) is 0 Å². The van der Waals surface area contributed by atoms with Gasteiger partial charge in [-0.25, -0.2) is 0 Å². The van der Waals surface area contributed by atoms with Gasteiger partial charge < -0.3 is 5.32 Å². The second kappa shape index (κ2) is 6.97. The Morgan fingerprint density at radius 3 is 2.32 bits per heavy atom. The van der Waals surface area contributed by atoms with Gasteiger partial charge in [-0.2, -0.15) is 0 Å². The fourth-order valence-electron chi connectivity index (χ4n) is 1.97. The number of hydrogen-bond acceptors (Lipinski definition) is 1. The summed E-state index contributed by atoms with van der Waals surface area (Å²) >= 11 is 12.4. The summed E-state index contributed by atoms with van der Waals surface area (Å²) in [5.74, 6) is 1.15. The van der Waals surface area contributed by atoms with Gasteiger partial charge in [0.15, 0.2) is 0 Å². The van der Waals surface area contributed by atoms with Crippen molar-refractivity contribution in [2.24, 2.45) is 11.8 Å². The number of nitrogens with one attached hydrogen (secondary N) is 1. The molecule has 0 aliphatic heterocycles. The smallest absolute Gasteiger partial charge is 0.0624 e. The summed E-state index contributed by atoms with van der Waals surface area (Å²) in [6.07, 6.45) is 0.958. The van der Waals surface area contributed by atoms with Gasteiger partial charge in [0.1, 0.15) is 0 Å². The fraction of sp³-hybridized carbons (Fsp3) is 0.625. The molecule has 0 heterocycles. The molecule has 1 N–H and O–H groups in total. The van der Waals surface area contributed by atoms with Crippen molar-refractivity contribution in [1.82, 2.24) is 5.32 Å². The van der Waals surface area contributed by atoms with Crippen LogP contribution in [0.25, 0.3) is 0 Å². The Hall–Kier alpha value is -0.240. The highest BCUT2D eigenvalue weighted by Gasteiger charge is 2.19. The van der Waals surface area contributed by atoms with Crippen molar-refractivity contribution in [3.63, 3.8) is 0 Å². The summed E-state index contributed by atoms with van der Waals surface area (Å²) in [7, 11) is 0. The number of rotatable bonds is 5. The Balaban J connectivity index is 2.76. The molecular formula is C16H25Cl2N. The molecule has 0 amide bonds. The number of hydrogen-bond donors (Lipinski definition) is 1. The molecule has 108 valence electrons. The minimum Gasteiger partial charge on any atom is -0.312 e. The quantitative estimate of drug-likeness (QED) is 0.788. The average molecular weight is 302 g/mol. The van der Waals surface area contributed by atoms with E-state index in [4.69, 9.17) is 23.2 Å². The molecule has 0 saturated heterocycles. The maximum Gasteiger partial charge on any atom is 0.0624 e. The van der Waals surface area contributed by atoms with E-state index in [9.17, 15) is 0 Å². The predicted octanol–water partition coefficient (Wildman–Crippen LogP) is 5.20. The highest BCUT2D eigenvalue weighted by Crippen LogP contribution is 2.29. The van der Waals surface area contributed by atoms with Crippen molar-refractivity contribution in [2.45, 2.75) is 46.6 Å². The van der Waals surface area contributed by atoms with Crippen LogP contribution in [0.1, 0.15) is 40.2 Å². The Morgan fingerprint density at radius 2 is 1.79 bits per heavy atom. The second-order valence-corrected chi connectivity index (χ2v) is 7.34. The Labute approximate surface area is 127 Å². The molecular weight excluding hydrogens is 277 g/mol. The van der Waals surface area contributed by atoms with Crippen LogP contribution < -0.4 is 5.32 Å². The number of benzene rings is 1. The lowest BCUT2D eigenvalue weighted by Gasteiger charge is -2.28. The summed E-state index contributed by atoms with van der Waals surface area (Å²) in [6, 6.07) is 5.88. The molecule has 1 unspecified atom stereocenters. The zero-order valence-corrected chi connectivity index (χ0v) is 14.1. The SMILES string of the molecule is CC(C)C(CNC(C)(C)C)Cc1cccc(Cl)c1Cl. The van der Waals surface area contributed by atoms with E-state index in [1.165, 1.54) is 0 Å². The standard InChI is InChI=1S/C16H25Cl2N/c1-11(2)13(10-19-16(3,4)5)9-12-7-6-8-14(17)15(12)18/h6-8,11,13,19H,9-10H2,1-5H3. The third kappa shape index (κ3) is 5.72.